The average Bonchev–Trinajstić information content (AvgIpc) is 3.04. The Morgan fingerprint density at radius 2 is 2.15 bits per heavy atom. The second-order valence-corrected chi connectivity index (χ2v) is 6.59. The highest BCUT2D eigenvalue weighted by Crippen LogP contribution is 2.30. The van der Waals surface area contributed by atoms with Crippen LogP contribution in [0.2, 0.25) is 0 Å². The Balaban J connectivity index is 1.86. The molecule has 4 nitrogen and oxygen atoms in total. The molecule has 0 spiro atoms. The molecule has 0 fully saturated rings. The molecule has 2 rings (SSSR count). The number of rotatable bonds is 6. The van der Waals surface area contributed by atoms with Gasteiger partial charge in [-0.1, -0.05) is 45.4 Å². The van der Waals surface area contributed by atoms with Gasteiger partial charge < -0.3 is 5.32 Å². The summed E-state index contributed by atoms with van der Waals surface area (Å²) in [5.41, 5.74) is 2.46. The first kappa shape index (κ1) is 15.4. The Kier molecular flexibility index (Phi) is 5.52. The van der Waals surface area contributed by atoms with Crippen molar-refractivity contribution in [2.75, 3.05) is 6.54 Å². The Hall–Kier alpha value is -0.970. The standard InChI is InChI=1S/C15H26N4S/c1-5-11(6-2)14-9-17-15(20-14)16-8-12-10-19(4)18-13(12)7-3/h10-11,14H,5-9H2,1-4H3,(H,16,17). The van der Waals surface area contributed by atoms with E-state index in [1.807, 2.05) is 23.5 Å². The van der Waals surface area contributed by atoms with E-state index in [4.69, 9.17) is 0 Å². The average molecular weight is 294 g/mol. The van der Waals surface area contributed by atoms with Crippen LogP contribution in [0.1, 0.15) is 44.9 Å². The van der Waals surface area contributed by atoms with Gasteiger partial charge in [-0.2, -0.15) is 5.10 Å². The van der Waals surface area contributed by atoms with E-state index < -0.39 is 0 Å². The molecule has 112 valence electrons. The zero-order chi connectivity index (χ0) is 14.5. The molecular weight excluding hydrogens is 268 g/mol. The first-order valence-electron chi connectivity index (χ1n) is 7.64. The van der Waals surface area contributed by atoms with Crippen LogP contribution in [0, 0.1) is 5.92 Å². The van der Waals surface area contributed by atoms with Crippen LogP contribution in [-0.2, 0) is 20.0 Å². The lowest BCUT2D eigenvalue weighted by atomic mass is 9.99. The summed E-state index contributed by atoms with van der Waals surface area (Å²) in [6.45, 7) is 8.51. The Morgan fingerprint density at radius 1 is 1.40 bits per heavy atom. The highest BCUT2D eigenvalue weighted by Gasteiger charge is 2.25. The molecule has 0 aromatic carbocycles. The van der Waals surface area contributed by atoms with Gasteiger partial charge in [-0.05, 0) is 12.3 Å². The van der Waals surface area contributed by atoms with E-state index in [-0.39, 0.29) is 0 Å². The number of nitrogens with zero attached hydrogens (tertiary/aromatic N) is 3. The molecule has 1 unspecified atom stereocenters. The fraction of sp³-hybridized carbons (Fsp3) is 0.733. The monoisotopic (exact) mass is 294 g/mol. The summed E-state index contributed by atoms with van der Waals surface area (Å²) in [5, 5.41) is 9.72. The number of aryl methyl sites for hydroxylation is 2. The molecule has 1 aromatic heterocycles. The number of hydrogen-bond acceptors (Lipinski definition) is 4. The second-order valence-electron chi connectivity index (χ2n) is 5.36. The summed E-state index contributed by atoms with van der Waals surface area (Å²) in [4.78, 5) is 4.65. The third-order valence-electron chi connectivity index (χ3n) is 4.01. The van der Waals surface area contributed by atoms with Gasteiger partial charge in [0.05, 0.1) is 12.2 Å². The van der Waals surface area contributed by atoms with Crippen molar-refractivity contribution in [2.45, 2.75) is 51.8 Å². The number of thioether (sulfide) groups is 1. The molecule has 20 heavy (non-hydrogen) atoms. The van der Waals surface area contributed by atoms with Crippen LogP contribution in [-0.4, -0.2) is 26.7 Å². The van der Waals surface area contributed by atoms with Crippen molar-refractivity contribution in [2.24, 2.45) is 18.0 Å². The molecule has 0 saturated heterocycles. The SMILES string of the molecule is CCc1nn(C)cc1CNC1=NCC(C(CC)CC)S1. The molecule has 2 heterocycles. The quantitative estimate of drug-likeness (QED) is 0.877. The predicted octanol–water partition coefficient (Wildman–Crippen LogP) is 2.98. The number of nitrogens with one attached hydrogen (secondary N) is 1. The molecule has 0 bridgehead atoms. The third kappa shape index (κ3) is 3.57. The summed E-state index contributed by atoms with van der Waals surface area (Å²) >= 11 is 1.92. The van der Waals surface area contributed by atoms with E-state index >= 15 is 0 Å². The molecule has 1 aliphatic heterocycles. The summed E-state index contributed by atoms with van der Waals surface area (Å²) in [6.07, 6.45) is 5.58. The highest BCUT2D eigenvalue weighted by atomic mass is 32.2. The van der Waals surface area contributed by atoms with Crippen LogP contribution >= 0.6 is 11.8 Å². The largest absolute Gasteiger partial charge is 0.361 e. The van der Waals surface area contributed by atoms with E-state index in [1.165, 1.54) is 24.1 Å². The maximum atomic E-state index is 4.65. The van der Waals surface area contributed by atoms with Crippen molar-refractivity contribution in [1.29, 1.82) is 0 Å². The molecule has 1 N–H and O–H groups in total. The van der Waals surface area contributed by atoms with E-state index in [9.17, 15) is 0 Å². The van der Waals surface area contributed by atoms with Crippen LogP contribution < -0.4 is 5.32 Å². The molecule has 0 saturated carbocycles. The van der Waals surface area contributed by atoms with Gasteiger partial charge in [0.1, 0.15) is 0 Å². The van der Waals surface area contributed by atoms with Crippen molar-refractivity contribution in [3.05, 3.63) is 17.5 Å². The molecule has 1 atom stereocenters. The van der Waals surface area contributed by atoms with Gasteiger partial charge in [0.25, 0.3) is 0 Å². The van der Waals surface area contributed by atoms with Crippen LogP contribution in [0.4, 0.5) is 0 Å². The lowest BCUT2D eigenvalue weighted by molar-refractivity contribution is 0.479. The molecular formula is C15H26N4S. The lowest BCUT2D eigenvalue weighted by Crippen LogP contribution is -2.21. The number of aromatic nitrogens is 2. The van der Waals surface area contributed by atoms with Crippen molar-refractivity contribution < 1.29 is 0 Å². The molecule has 1 aromatic rings. The zero-order valence-corrected chi connectivity index (χ0v) is 13.8. The molecule has 1 aliphatic rings. The van der Waals surface area contributed by atoms with Crippen LogP contribution in [0.3, 0.4) is 0 Å². The fourth-order valence-corrected chi connectivity index (χ4v) is 4.07. The van der Waals surface area contributed by atoms with E-state index in [0.717, 1.165) is 30.6 Å². The second kappa shape index (κ2) is 7.16. The van der Waals surface area contributed by atoms with Crippen LogP contribution in [0.5, 0.6) is 0 Å². The van der Waals surface area contributed by atoms with Crippen molar-refractivity contribution in [1.82, 2.24) is 15.1 Å². The van der Waals surface area contributed by atoms with Gasteiger partial charge in [-0.15, -0.1) is 0 Å². The summed E-state index contributed by atoms with van der Waals surface area (Å²) < 4.78 is 1.90. The van der Waals surface area contributed by atoms with Crippen LogP contribution in [0.15, 0.2) is 11.2 Å². The minimum atomic E-state index is 0.659. The van der Waals surface area contributed by atoms with E-state index in [2.05, 4.69) is 42.4 Å². The fourth-order valence-electron chi connectivity index (χ4n) is 2.75. The van der Waals surface area contributed by atoms with Gasteiger partial charge in [-0.3, -0.25) is 9.67 Å². The van der Waals surface area contributed by atoms with E-state index in [0.29, 0.717) is 5.25 Å². The molecule has 0 aliphatic carbocycles. The third-order valence-corrected chi connectivity index (χ3v) is 5.34. The zero-order valence-electron chi connectivity index (χ0n) is 13.0. The van der Waals surface area contributed by atoms with Crippen molar-refractivity contribution >= 4 is 16.9 Å². The summed E-state index contributed by atoms with van der Waals surface area (Å²) in [6, 6.07) is 0. The first-order valence-corrected chi connectivity index (χ1v) is 8.52. The smallest absolute Gasteiger partial charge is 0.157 e. The van der Waals surface area contributed by atoms with Crippen LogP contribution in [0.25, 0.3) is 0 Å². The number of aliphatic imine (C=N–C) groups is 1. The maximum absolute atomic E-state index is 4.65. The Bertz CT molecular complexity index is 462. The van der Waals surface area contributed by atoms with Crippen molar-refractivity contribution in [3.63, 3.8) is 0 Å². The number of hydrogen-bond donors (Lipinski definition) is 1. The van der Waals surface area contributed by atoms with E-state index in [1.54, 1.807) is 0 Å². The van der Waals surface area contributed by atoms with Gasteiger partial charge in [0.15, 0.2) is 5.17 Å². The summed E-state index contributed by atoms with van der Waals surface area (Å²) in [5.74, 6) is 0.785. The maximum Gasteiger partial charge on any atom is 0.157 e. The minimum absolute atomic E-state index is 0.659. The Morgan fingerprint density at radius 3 is 2.80 bits per heavy atom. The van der Waals surface area contributed by atoms with Crippen molar-refractivity contribution in [3.8, 4) is 0 Å². The molecule has 0 radical (unpaired) electrons. The normalized spacial score (nSPS) is 18.6. The Labute approximate surface area is 126 Å². The lowest BCUT2D eigenvalue weighted by Gasteiger charge is -2.18. The highest BCUT2D eigenvalue weighted by molar-refractivity contribution is 8.14. The molecule has 5 heteroatoms. The molecule has 0 amide bonds. The first-order chi connectivity index (χ1) is 9.67. The number of amidine groups is 1. The van der Waals surface area contributed by atoms with Gasteiger partial charge in [0.2, 0.25) is 0 Å². The van der Waals surface area contributed by atoms with Gasteiger partial charge >= 0.3 is 0 Å². The van der Waals surface area contributed by atoms with Gasteiger partial charge in [0, 0.05) is 30.6 Å². The minimum Gasteiger partial charge on any atom is -0.361 e. The van der Waals surface area contributed by atoms with Gasteiger partial charge in [-0.25, -0.2) is 0 Å². The predicted molar refractivity (Wildman–Crippen MR) is 87.2 cm³/mol. The topological polar surface area (TPSA) is 42.2 Å². The summed E-state index contributed by atoms with van der Waals surface area (Å²) in [7, 11) is 1.98.